The lowest BCUT2D eigenvalue weighted by Crippen LogP contribution is -2.58. The highest BCUT2D eigenvalue weighted by molar-refractivity contribution is 5.20. The van der Waals surface area contributed by atoms with Gasteiger partial charge < -0.3 is 5.32 Å². The number of hydrogen-bond donors (Lipinski definition) is 1. The van der Waals surface area contributed by atoms with E-state index in [1.807, 2.05) is 6.08 Å². The van der Waals surface area contributed by atoms with Crippen molar-refractivity contribution >= 4 is 0 Å². The molecule has 0 aliphatic carbocycles. The Hall–Kier alpha value is -1.12. The van der Waals surface area contributed by atoms with E-state index in [1.54, 1.807) is 0 Å². The Kier molecular flexibility index (Phi) is 4.20. The summed E-state index contributed by atoms with van der Waals surface area (Å²) in [5, 5.41) is 3.65. The molecule has 1 aliphatic rings. The zero-order valence-electron chi connectivity index (χ0n) is 11.5. The Bertz CT molecular complexity index is 383. The van der Waals surface area contributed by atoms with Crippen molar-refractivity contribution in [2.75, 3.05) is 19.6 Å². The molecule has 1 saturated heterocycles. The van der Waals surface area contributed by atoms with E-state index in [2.05, 4.69) is 61.0 Å². The quantitative estimate of drug-likeness (QED) is 0.819. The van der Waals surface area contributed by atoms with E-state index < -0.39 is 0 Å². The van der Waals surface area contributed by atoms with Gasteiger partial charge in [0.25, 0.3) is 0 Å². The minimum Gasteiger partial charge on any atom is -0.309 e. The van der Waals surface area contributed by atoms with E-state index in [-0.39, 0.29) is 5.54 Å². The molecule has 0 aromatic heterocycles. The van der Waals surface area contributed by atoms with Gasteiger partial charge in [0.1, 0.15) is 0 Å². The Morgan fingerprint density at radius 2 is 2.11 bits per heavy atom. The van der Waals surface area contributed by atoms with Crippen LogP contribution in [0.5, 0.6) is 0 Å². The number of rotatable bonds is 4. The Morgan fingerprint density at radius 3 is 2.78 bits per heavy atom. The van der Waals surface area contributed by atoms with Crippen molar-refractivity contribution in [3.05, 3.63) is 48.6 Å². The summed E-state index contributed by atoms with van der Waals surface area (Å²) in [5.41, 5.74) is 1.61. The van der Waals surface area contributed by atoms with Gasteiger partial charge in [-0.25, -0.2) is 0 Å². The van der Waals surface area contributed by atoms with E-state index >= 15 is 0 Å². The van der Waals surface area contributed by atoms with Crippen LogP contribution in [0, 0.1) is 0 Å². The maximum atomic E-state index is 3.84. The molecule has 1 atom stereocenters. The summed E-state index contributed by atoms with van der Waals surface area (Å²) in [7, 11) is 0. The summed E-state index contributed by atoms with van der Waals surface area (Å²) in [6.45, 7) is 11.6. The first-order valence-corrected chi connectivity index (χ1v) is 6.77. The molecule has 1 heterocycles. The second kappa shape index (κ2) is 5.68. The van der Waals surface area contributed by atoms with Crippen molar-refractivity contribution in [3.8, 4) is 0 Å². The van der Waals surface area contributed by atoms with E-state index in [4.69, 9.17) is 0 Å². The van der Waals surface area contributed by atoms with Gasteiger partial charge >= 0.3 is 0 Å². The van der Waals surface area contributed by atoms with Crippen molar-refractivity contribution in [2.45, 2.75) is 31.8 Å². The number of piperazine rings is 1. The third kappa shape index (κ3) is 3.21. The second-order valence-electron chi connectivity index (χ2n) is 5.74. The fraction of sp³-hybridized carbons (Fsp3) is 0.500. The third-order valence-electron chi connectivity index (χ3n) is 3.62. The molecule has 1 N–H and O–H groups in total. The average Bonchev–Trinajstić information content (AvgIpc) is 2.36. The van der Waals surface area contributed by atoms with Crippen LogP contribution in [0.1, 0.15) is 31.9 Å². The molecule has 0 amide bonds. The monoisotopic (exact) mass is 244 g/mol. The van der Waals surface area contributed by atoms with E-state index in [0.717, 1.165) is 26.1 Å². The lowest BCUT2D eigenvalue weighted by molar-refractivity contribution is 0.0970. The summed E-state index contributed by atoms with van der Waals surface area (Å²) in [6, 6.07) is 11.3. The molecule has 2 rings (SSSR count). The number of nitrogens with zero attached hydrogens (tertiary/aromatic N) is 1. The van der Waals surface area contributed by atoms with Gasteiger partial charge in [-0.1, -0.05) is 36.4 Å². The molecule has 98 valence electrons. The molecule has 1 unspecified atom stereocenters. The fourth-order valence-electron chi connectivity index (χ4n) is 2.67. The van der Waals surface area contributed by atoms with Crippen molar-refractivity contribution < 1.29 is 0 Å². The van der Waals surface area contributed by atoms with Crippen molar-refractivity contribution in [1.82, 2.24) is 10.2 Å². The average molecular weight is 244 g/mol. The minimum atomic E-state index is 0.201. The van der Waals surface area contributed by atoms with Crippen LogP contribution in [0.4, 0.5) is 0 Å². The maximum Gasteiger partial charge on any atom is 0.0473 e. The number of hydrogen-bond acceptors (Lipinski definition) is 2. The van der Waals surface area contributed by atoms with E-state index in [1.165, 1.54) is 5.56 Å². The molecule has 1 aromatic carbocycles. The summed E-state index contributed by atoms with van der Waals surface area (Å²) in [4.78, 5) is 2.58. The molecular weight excluding hydrogens is 220 g/mol. The van der Waals surface area contributed by atoms with Crippen LogP contribution in [0.2, 0.25) is 0 Å². The lowest BCUT2D eigenvalue weighted by atomic mass is 9.94. The van der Waals surface area contributed by atoms with Crippen LogP contribution in [0.25, 0.3) is 0 Å². The Balaban J connectivity index is 2.14. The van der Waals surface area contributed by atoms with Gasteiger partial charge in [-0.15, -0.1) is 6.58 Å². The van der Waals surface area contributed by atoms with Crippen LogP contribution >= 0.6 is 0 Å². The van der Waals surface area contributed by atoms with Crippen molar-refractivity contribution in [2.24, 2.45) is 0 Å². The highest BCUT2D eigenvalue weighted by atomic mass is 15.2. The molecule has 18 heavy (non-hydrogen) atoms. The highest BCUT2D eigenvalue weighted by Crippen LogP contribution is 2.26. The Morgan fingerprint density at radius 1 is 1.39 bits per heavy atom. The van der Waals surface area contributed by atoms with Crippen molar-refractivity contribution in [1.29, 1.82) is 0 Å². The molecule has 2 nitrogen and oxygen atoms in total. The molecule has 1 aliphatic heterocycles. The molecule has 0 bridgehead atoms. The number of nitrogens with one attached hydrogen (secondary N) is 1. The molecule has 1 aromatic rings. The molecule has 1 fully saturated rings. The standard InChI is InChI=1S/C16H24N2/c1-4-5-11-18-13-16(2,3)17-12-15(18)14-9-7-6-8-10-14/h4,6-10,15,17H,1,5,11-13H2,2-3H3. The van der Waals surface area contributed by atoms with Gasteiger partial charge in [0.15, 0.2) is 0 Å². The van der Waals surface area contributed by atoms with E-state index in [0.29, 0.717) is 6.04 Å². The van der Waals surface area contributed by atoms with Gasteiger partial charge in [0.05, 0.1) is 0 Å². The predicted molar refractivity (Wildman–Crippen MR) is 77.7 cm³/mol. The van der Waals surface area contributed by atoms with Crippen LogP contribution in [-0.2, 0) is 0 Å². The predicted octanol–water partition coefficient (Wildman–Crippen LogP) is 2.99. The van der Waals surface area contributed by atoms with Crippen LogP contribution in [0.15, 0.2) is 43.0 Å². The zero-order valence-corrected chi connectivity index (χ0v) is 11.5. The molecule has 0 spiro atoms. The molecule has 0 saturated carbocycles. The van der Waals surface area contributed by atoms with Crippen LogP contribution in [-0.4, -0.2) is 30.1 Å². The van der Waals surface area contributed by atoms with Gasteiger partial charge in [0, 0.05) is 31.2 Å². The minimum absolute atomic E-state index is 0.201. The summed E-state index contributed by atoms with van der Waals surface area (Å²) < 4.78 is 0. The first-order valence-electron chi connectivity index (χ1n) is 6.77. The van der Waals surface area contributed by atoms with Crippen LogP contribution < -0.4 is 5.32 Å². The molecular formula is C16H24N2. The highest BCUT2D eigenvalue weighted by Gasteiger charge is 2.32. The van der Waals surface area contributed by atoms with Crippen LogP contribution in [0.3, 0.4) is 0 Å². The van der Waals surface area contributed by atoms with Gasteiger partial charge in [-0.05, 0) is 25.8 Å². The first-order chi connectivity index (χ1) is 8.62. The Labute approximate surface area is 111 Å². The molecule has 0 radical (unpaired) electrons. The third-order valence-corrected chi connectivity index (χ3v) is 3.62. The maximum absolute atomic E-state index is 3.84. The SMILES string of the molecule is C=CCCN1CC(C)(C)NCC1c1ccccc1. The normalized spacial score (nSPS) is 23.8. The number of benzene rings is 1. The largest absolute Gasteiger partial charge is 0.309 e. The first kappa shape index (κ1) is 13.3. The smallest absolute Gasteiger partial charge is 0.0473 e. The van der Waals surface area contributed by atoms with E-state index in [9.17, 15) is 0 Å². The summed E-state index contributed by atoms with van der Waals surface area (Å²) in [5.74, 6) is 0. The van der Waals surface area contributed by atoms with Gasteiger partial charge in [-0.3, -0.25) is 4.90 Å². The van der Waals surface area contributed by atoms with Gasteiger partial charge in [-0.2, -0.15) is 0 Å². The topological polar surface area (TPSA) is 15.3 Å². The molecule has 2 heteroatoms. The summed E-state index contributed by atoms with van der Waals surface area (Å²) in [6.07, 6.45) is 3.07. The lowest BCUT2D eigenvalue weighted by Gasteiger charge is -2.44. The fourth-order valence-corrected chi connectivity index (χ4v) is 2.67. The summed E-state index contributed by atoms with van der Waals surface area (Å²) >= 11 is 0. The van der Waals surface area contributed by atoms with Crippen molar-refractivity contribution in [3.63, 3.8) is 0 Å². The van der Waals surface area contributed by atoms with Gasteiger partial charge in [0.2, 0.25) is 0 Å². The second-order valence-corrected chi connectivity index (χ2v) is 5.74. The zero-order chi connectivity index (χ0) is 13.0.